The highest BCUT2D eigenvalue weighted by Crippen LogP contribution is 2.37. The average molecular weight is 507 g/mol. The Hall–Kier alpha value is -2.91. The lowest BCUT2D eigenvalue weighted by Gasteiger charge is -2.37. The van der Waals surface area contributed by atoms with E-state index in [0.29, 0.717) is 23.4 Å². The molecule has 180 valence electrons. The van der Waals surface area contributed by atoms with Crippen LogP contribution in [-0.2, 0) is 4.79 Å². The van der Waals surface area contributed by atoms with E-state index in [4.69, 9.17) is 0 Å². The van der Waals surface area contributed by atoms with Crippen LogP contribution < -0.4 is 9.80 Å². The number of carbonyl (C=O) groups excluding carboxylic acids is 3. The van der Waals surface area contributed by atoms with E-state index >= 15 is 0 Å². The summed E-state index contributed by atoms with van der Waals surface area (Å²) in [6.45, 7) is 4.91. The minimum absolute atomic E-state index is 0.0821. The van der Waals surface area contributed by atoms with Crippen LogP contribution in [0.25, 0.3) is 10.2 Å². The number of fused-ring (bicyclic) bond motifs is 2. The van der Waals surface area contributed by atoms with Crippen LogP contribution in [0.1, 0.15) is 38.6 Å². The summed E-state index contributed by atoms with van der Waals surface area (Å²) in [6, 6.07) is 11.0. The Bertz CT molecular complexity index is 1350. The van der Waals surface area contributed by atoms with Crippen molar-refractivity contribution in [2.24, 2.45) is 5.92 Å². The van der Waals surface area contributed by atoms with Gasteiger partial charge in [-0.1, -0.05) is 6.07 Å². The highest BCUT2D eigenvalue weighted by Gasteiger charge is 2.40. The van der Waals surface area contributed by atoms with E-state index in [9.17, 15) is 14.4 Å². The normalized spacial score (nSPS) is 20.6. The average Bonchev–Trinajstić information content (AvgIpc) is 3.39. The molecule has 2 fully saturated rings. The number of carbonyl (C=O) groups is 3. The number of piperidine rings is 1. The molecule has 0 aliphatic carbocycles. The van der Waals surface area contributed by atoms with Gasteiger partial charge in [0.2, 0.25) is 5.91 Å². The second-order valence-electron chi connectivity index (χ2n) is 9.25. The maximum Gasteiger partial charge on any atom is 0.268 e. The number of nitrogens with zero attached hydrogens (tertiary/aromatic N) is 4. The molecule has 6 rings (SSSR count). The number of anilines is 2. The third-order valence-electron chi connectivity index (χ3n) is 7.06. The van der Waals surface area contributed by atoms with Crippen LogP contribution in [0.15, 0.2) is 36.4 Å². The van der Waals surface area contributed by atoms with Crippen molar-refractivity contribution in [3.8, 4) is 0 Å². The van der Waals surface area contributed by atoms with Crippen molar-refractivity contribution >= 4 is 62.4 Å². The van der Waals surface area contributed by atoms with E-state index in [1.807, 2.05) is 53.9 Å². The maximum absolute atomic E-state index is 13.7. The summed E-state index contributed by atoms with van der Waals surface area (Å²) in [5.74, 6) is 1.50. The predicted octanol–water partition coefficient (Wildman–Crippen LogP) is 4.20. The summed E-state index contributed by atoms with van der Waals surface area (Å²) in [7, 11) is 0. The number of aryl methyl sites for hydroxylation is 1. The van der Waals surface area contributed by atoms with Crippen molar-refractivity contribution in [1.82, 2.24) is 9.88 Å². The summed E-state index contributed by atoms with van der Waals surface area (Å²) in [6.07, 6.45) is 1.74. The van der Waals surface area contributed by atoms with E-state index in [-0.39, 0.29) is 23.6 Å². The van der Waals surface area contributed by atoms with Gasteiger partial charge in [0.15, 0.2) is 0 Å². The van der Waals surface area contributed by atoms with Crippen molar-refractivity contribution in [1.29, 1.82) is 0 Å². The lowest BCUT2D eigenvalue weighted by molar-refractivity contribution is -0.135. The quantitative estimate of drug-likeness (QED) is 0.496. The molecule has 0 spiro atoms. The van der Waals surface area contributed by atoms with Crippen LogP contribution in [0.4, 0.5) is 11.4 Å². The fourth-order valence-corrected chi connectivity index (χ4v) is 7.09. The number of imide groups is 1. The standard InChI is InChI=1S/C26H26N4O3S2/c1-16-27-20-14-18(7-8-22(20)35-16)30-25(32)19-5-2-6-21(23(19)26(30)33)29-9-3-4-17(15-29)24(31)28-10-12-34-13-11-28/h2,5-8,14,17H,3-4,9-13,15H2,1H3. The van der Waals surface area contributed by atoms with Crippen LogP contribution in [0, 0.1) is 12.8 Å². The van der Waals surface area contributed by atoms with Gasteiger partial charge in [-0.2, -0.15) is 11.8 Å². The molecule has 3 amide bonds. The Balaban J connectivity index is 1.29. The smallest absolute Gasteiger partial charge is 0.268 e. The minimum atomic E-state index is -0.312. The van der Waals surface area contributed by atoms with Gasteiger partial charge in [-0.25, -0.2) is 9.88 Å². The molecule has 1 aromatic heterocycles. The lowest BCUT2D eigenvalue weighted by atomic mass is 9.94. The molecule has 2 aromatic carbocycles. The number of thioether (sulfide) groups is 1. The Labute approximate surface area is 212 Å². The Kier molecular flexibility index (Phi) is 5.76. The van der Waals surface area contributed by atoms with Gasteiger partial charge in [0, 0.05) is 37.7 Å². The van der Waals surface area contributed by atoms with Gasteiger partial charge in [-0.05, 0) is 50.1 Å². The molecule has 7 nitrogen and oxygen atoms in total. The molecule has 0 radical (unpaired) electrons. The second kappa shape index (κ2) is 8.95. The van der Waals surface area contributed by atoms with Gasteiger partial charge >= 0.3 is 0 Å². The zero-order chi connectivity index (χ0) is 24.1. The largest absolute Gasteiger partial charge is 0.370 e. The predicted molar refractivity (Wildman–Crippen MR) is 141 cm³/mol. The first-order chi connectivity index (χ1) is 17.0. The third kappa shape index (κ3) is 3.90. The van der Waals surface area contributed by atoms with Gasteiger partial charge in [0.05, 0.1) is 43.6 Å². The second-order valence-corrected chi connectivity index (χ2v) is 11.7. The summed E-state index contributed by atoms with van der Waals surface area (Å²) in [5.41, 5.74) is 2.93. The van der Waals surface area contributed by atoms with Gasteiger partial charge in [-0.15, -0.1) is 11.3 Å². The first kappa shape index (κ1) is 22.5. The molecule has 0 bridgehead atoms. The number of benzene rings is 2. The number of aromatic nitrogens is 1. The van der Waals surface area contributed by atoms with Crippen molar-refractivity contribution in [2.75, 3.05) is 47.5 Å². The maximum atomic E-state index is 13.7. The molecule has 35 heavy (non-hydrogen) atoms. The molecule has 1 atom stereocenters. The topological polar surface area (TPSA) is 73.8 Å². The van der Waals surface area contributed by atoms with Gasteiger partial charge in [0.1, 0.15) is 0 Å². The molecule has 0 N–H and O–H groups in total. The highest BCUT2D eigenvalue weighted by atomic mass is 32.2. The molecular formula is C26H26N4O3S2. The first-order valence-corrected chi connectivity index (χ1v) is 14.0. The van der Waals surface area contributed by atoms with Crippen LogP contribution in [0.5, 0.6) is 0 Å². The molecule has 3 aliphatic rings. The summed E-state index contributed by atoms with van der Waals surface area (Å²) < 4.78 is 1.03. The van der Waals surface area contributed by atoms with Crippen molar-refractivity contribution in [2.45, 2.75) is 19.8 Å². The van der Waals surface area contributed by atoms with Crippen molar-refractivity contribution in [3.05, 3.63) is 52.5 Å². The Morgan fingerprint density at radius 3 is 2.71 bits per heavy atom. The number of amides is 3. The molecule has 0 saturated carbocycles. The Morgan fingerprint density at radius 2 is 1.89 bits per heavy atom. The highest BCUT2D eigenvalue weighted by molar-refractivity contribution is 7.99. The molecule has 4 heterocycles. The molecular weight excluding hydrogens is 480 g/mol. The van der Waals surface area contributed by atoms with E-state index in [1.54, 1.807) is 17.4 Å². The van der Waals surface area contributed by atoms with Crippen molar-refractivity contribution in [3.63, 3.8) is 0 Å². The van der Waals surface area contributed by atoms with Crippen LogP contribution in [-0.4, -0.2) is 65.3 Å². The monoisotopic (exact) mass is 506 g/mol. The summed E-state index contributed by atoms with van der Waals surface area (Å²) >= 11 is 3.48. The molecule has 2 saturated heterocycles. The fraction of sp³-hybridized carbons (Fsp3) is 0.385. The van der Waals surface area contributed by atoms with E-state index in [2.05, 4.69) is 9.88 Å². The van der Waals surface area contributed by atoms with E-state index < -0.39 is 0 Å². The molecule has 3 aromatic rings. The van der Waals surface area contributed by atoms with E-state index in [1.165, 1.54) is 4.90 Å². The van der Waals surface area contributed by atoms with Gasteiger partial charge in [-0.3, -0.25) is 14.4 Å². The van der Waals surface area contributed by atoms with Crippen LogP contribution in [0.2, 0.25) is 0 Å². The SMILES string of the molecule is Cc1nc2cc(N3C(=O)c4cccc(N5CCCC(C(=O)N6CCSCC6)C5)c4C3=O)ccc2s1. The zero-order valence-electron chi connectivity index (χ0n) is 19.5. The number of hydrogen-bond acceptors (Lipinski definition) is 7. The van der Waals surface area contributed by atoms with Crippen LogP contribution >= 0.6 is 23.1 Å². The minimum Gasteiger partial charge on any atom is -0.370 e. The fourth-order valence-electron chi connectivity index (χ4n) is 5.38. The summed E-state index contributed by atoms with van der Waals surface area (Å²) in [5, 5.41) is 0.944. The van der Waals surface area contributed by atoms with Gasteiger partial charge in [0.25, 0.3) is 11.8 Å². The molecule has 9 heteroatoms. The van der Waals surface area contributed by atoms with E-state index in [0.717, 1.165) is 64.9 Å². The van der Waals surface area contributed by atoms with Gasteiger partial charge < -0.3 is 9.80 Å². The molecule has 1 unspecified atom stereocenters. The number of hydrogen-bond donors (Lipinski definition) is 0. The van der Waals surface area contributed by atoms with Crippen molar-refractivity contribution < 1.29 is 14.4 Å². The first-order valence-electron chi connectivity index (χ1n) is 12.0. The summed E-state index contributed by atoms with van der Waals surface area (Å²) in [4.78, 5) is 50.1. The van der Waals surface area contributed by atoms with Crippen LogP contribution in [0.3, 0.4) is 0 Å². The Morgan fingerprint density at radius 1 is 1.06 bits per heavy atom. The molecule has 3 aliphatic heterocycles. The third-order valence-corrected chi connectivity index (χ3v) is 8.96. The lowest BCUT2D eigenvalue weighted by Crippen LogP contribution is -2.47. The number of rotatable bonds is 3. The zero-order valence-corrected chi connectivity index (χ0v) is 21.2. The number of thiazole rings is 1.